The third kappa shape index (κ3) is 2.52. The monoisotopic (exact) mass is 309 g/mol. The number of aliphatic hydroxyl groups is 3. The van der Waals surface area contributed by atoms with Crippen LogP contribution in [0.5, 0.6) is 0 Å². The van der Waals surface area contributed by atoms with E-state index >= 15 is 0 Å². The Hall–Kier alpha value is -1.81. The Morgan fingerprint density at radius 1 is 1.36 bits per heavy atom. The third-order valence-corrected chi connectivity index (χ3v) is 3.82. The van der Waals surface area contributed by atoms with E-state index in [0.29, 0.717) is 41.8 Å². The quantitative estimate of drug-likeness (QED) is 0.550. The van der Waals surface area contributed by atoms with Crippen LogP contribution in [0.15, 0.2) is 6.33 Å². The van der Waals surface area contributed by atoms with Crippen molar-refractivity contribution in [2.45, 2.75) is 37.7 Å². The zero-order valence-electron chi connectivity index (χ0n) is 12.0. The van der Waals surface area contributed by atoms with Gasteiger partial charge in [0.15, 0.2) is 11.9 Å². The first-order chi connectivity index (χ1) is 10.7. The molecule has 0 radical (unpaired) electrons. The van der Waals surface area contributed by atoms with Crippen LogP contribution in [-0.2, 0) is 11.2 Å². The first-order valence-electron chi connectivity index (χ1n) is 7.18. The fraction of sp³-hybridized carbons (Fsp3) is 0.615. The summed E-state index contributed by atoms with van der Waals surface area (Å²) in [5.41, 5.74) is 7.14. The van der Waals surface area contributed by atoms with Gasteiger partial charge in [-0.15, -0.1) is 0 Å². The maximum Gasteiger partial charge on any atom is 0.166 e. The van der Waals surface area contributed by atoms with Crippen LogP contribution in [0.25, 0.3) is 11.0 Å². The molecule has 2 aromatic rings. The van der Waals surface area contributed by atoms with Gasteiger partial charge in [0.05, 0.1) is 23.8 Å². The van der Waals surface area contributed by atoms with E-state index in [0.717, 1.165) is 0 Å². The largest absolute Gasteiger partial charge is 0.396 e. The van der Waals surface area contributed by atoms with Crippen molar-refractivity contribution in [3.8, 4) is 0 Å². The number of aryl methyl sites for hydroxylation is 1. The number of anilines is 1. The van der Waals surface area contributed by atoms with Gasteiger partial charge in [-0.3, -0.25) is 0 Å². The van der Waals surface area contributed by atoms with E-state index in [9.17, 15) is 10.2 Å². The number of ether oxygens (including phenoxy) is 1. The summed E-state index contributed by atoms with van der Waals surface area (Å²) in [7, 11) is 0. The molecule has 5 N–H and O–H groups in total. The molecule has 0 spiro atoms. The van der Waals surface area contributed by atoms with E-state index in [1.807, 2.05) is 0 Å². The second-order valence-corrected chi connectivity index (χ2v) is 5.29. The Morgan fingerprint density at radius 3 is 2.86 bits per heavy atom. The molecule has 120 valence electrons. The molecule has 1 fully saturated rings. The minimum atomic E-state index is -0.755. The fourth-order valence-electron chi connectivity index (χ4n) is 2.72. The molecule has 0 saturated carbocycles. The minimum Gasteiger partial charge on any atom is -0.396 e. The second kappa shape index (κ2) is 6.13. The molecule has 1 aliphatic heterocycles. The van der Waals surface area contributed by atoms with Crippen LogP contribution in [0.2, 0.25) is 0 Å². The van der Waals surface area contributed by atoms with Crippen molar-refractivity contribution in [1.29, 1.82) is 0 Å². The molecule has 2 aromatic heterocycles. The smallest absolute Gasteiger partial charge is 0.166 e. The molecule has 0 aliphatic carbocycles. The summed E-state index contributed by atoms with van der Waals surface area (Å²) >= 11 is 0. The Labute approximate surface area is 126 Å². The van der Waals surface area contributed by atoms with Gasteiger partial charge in [-0.1, -0.05) is 0 Å². The van der Waals surface area contributed by atoms with E-state index in [-0.39, 0.29) is 13.2 Å². The van der Waals surface area contributed by atoms with Crippen molar-refractivity contribution >= 4 is 16.9 Å². The summed E-state index contributed by atoms with van der Waals surface area (Å²) in [6, 6.07) is 0. The highest BCUT2D eigenvalue weighted by atomic mass is 16.5. The maximum atomic E-state index is 9.88. The molecule has 3 heterocycles. The first-order valence-corrected chi connectivity index (χ1v) is 7.18. The average molecular weight is 309 g/mol. The van der Waals surface area contributed by atoms with E-state index in [1.165, 1.54) is 6.33 Å². The van der Waals surface area contributed by atoms with Gasteiger partial charge in [-0.05, 0) is 12.8 Å². The van der Waals surface area contributed by atoms with Crippen molar-refractivity contribution in [1.82, 2.24) is 19.7 Å². The molecule has 1 aliphatic rings. The van der Waals surface area contributed by atoms with Crippen LogP contribution in [0.3, 0.4) is 0 Å². The summed E-state index contributed by atoms with van der Waals surface area (Å²) in [6.45, 7) is -0.210. The number of fused-ring (bicyclic) bond motifs is 1. The Balaban J connectivity index is 2.01. The number of rotatable bonds is 5. The van der Waals surface area contributed by atoms with Crippen LogP contribution in [0.4, 0.5) is 5.82 Å². The first kappa shape index (κ1) is 15.1. The van der Waals surface area contributed by atoms with Crippen LogP contribution in [-0.4, -0.2) is 60.5 Å². The summed E-state index contributed by atoms with van der Waals surface area (Å²) in [5, 5.41) is 33.2. The zero-order valence-corrected chi connectivity index (χ0v) is 12.0. The molecule has 22 heavy (non-hydrogen) atoms. The van der Waals surface area contributed by atoms with Crippen molar-refractivity contribution in [2.75, 3.05) is 18.9 Å². The fourth-order valence-corrected chi connectivity index (χ4v) is 2.72. The summed E-state index contributed by atoms with van der Waals surface area (Å²) in [4.78, 5) is 8.20. The zero-order chi connectivity index (χ0) is 15.7. The molecule has 1 saturated heterocycles. The SMILES string of the molecule is Nc1ncnc2c1c(CCCO)nn2[C@H]1C[C@H](O)[C@@H](CO)O1. The van der Waals surface area contributed by atoms with Gasteiger partial charge in [-0.25, -0.2) is 14.6 Å². The van der Waals surface area contributed by atoms with Gasteiger partial charge in [0.1, 0.15) is 18.2 Å². The van der Waals surface area contributed by atoms with E-state index in [4.69, 9.17) is 15.6 Å². The lowest BCUT2D eigenvalue weighted by atomic mass is 10.2. The van der Waals surface area contributed by atoms with Crippen molar-refractivity contribution < 1.29 is 20.1 Å². The molecule has 0 aromatic carbocycles. The van der Waals surface area contributed by atoms with Gasteiger partial charge in [0, 0.05) is 13.0 Å². The number of aromatic nitrogens is 4. The van der Waals surface area contributed by atoms with Gasteiger partial charge in [-0.2, -0.15) is 5.10 Å². The lowest BCUT2D eigenvalue weighted by Gasteiger charge is -2.12. The summed E-state index contributed by atoms with van der Waals surface area (Å²) in [6.07, 6.45) is 0.835. The lowest BCUT2D eigenvalue weighted by Crippen LogP contribution is -2.24. The number of nitrogens with two attached hydrogens (primary N) is 1. The molecular formula is C13H19N5O4. The van der Waals surface area contributed by atoms with Crippen molar-refractivity contribution in [3.05, 3.63) is 12.0 Å². The number of nitrogen functional groups attached to an aromatic ring is 1. The van der Waals surface area contributed by atoms with E-state index in [1.54, 1.807) is 4.68 Å². The molecule has 3 rings (SSSR count). The Kier molecular flexibility index (Phi) is 4.21. The predicted molar refractivity (Wildman–Crippen MR) is 76.8 cm³/mol. The van der Waals surface area contributed by atoms with Crippen molar-refractivity contribution in [3.63, 3.8) is 0 Å². The maximum absolute atomic E-state index is 9.88. The Morgan fingerprint density at radius 2 is 2.18 bits per heavy atom. The van der Waals surface area contributed by atoms with Gasteiger partial charge in [0.2, 0.25) is 0 Å². The molecule has 0 bridgehead atoms. The number of hydrogen-bond acceptors (Lipinski definition) is 8. The third-order valence-electron chi connectivity index (χ3n) is 3.82. The molecule has 9 nitrogen and oxygen atoms in total. The van der Waals surface area contributed by atoms with Gasteiger partial charge < -0.3 is 25.8 Å². The van der Waals surface area contributed by atoms with Crippen LogP contribution in [0.1, 0.15) is 24.8 Å². The van der Waals surface area contributed by atoms with Gasteiger partial charge in [0.25, 0.3) is 0 Å². The number of nitrogens with zero attached hydrogens (tertiary/aromatic N) is 4. The standard InChI is InChI=1S/C13H19N5O4/c14-12-11-7(2-1-3-19)17-18(13(11)16-6-15-12)10-4-8(21)9(5-20)22-10/h6,8-10,19-21H,1-5H2,(H2,14,15,16)/t8-,9+,10+/m0/s1. The summed E-state index contributed by atoms with van der Waals surface area (Å²) < 4.78 is 7.19. The highest BCUT2D eigenvalue weighted by molar-refractivity contribution is 5.88. The highest BCUT2D eigenvalue weighted by Crippen LogP contribution is 2.32. The van der Waals surface area contributed by atoms with E-state index in [2.05, 4.69) is 15.1 Å². The topological polar surface area (TPSA) is 140 Å². The Bertz CT molecular complexity index is 661. The normalized spacial score (nSPS) is 25.1. The van der Waals surface area contributed by atoms with E-state index < -0.39 is 18.4 Å². The van der Waals surface area contributed by atoms with Crippen molar-refractivity contribution in [2.24, 2.45) is 0 Å². The average Bonchev–Trinajstić information content (AvgIpc) is 3.06. The second-order valence-electron chi connectivity index (χ2n) is 5.29. The molecule has 0 unspecified atom stereocenters. The minimum absolute atomic E-state index is 0.0488. The number of aliphatic hydroxyl groups excluding tert-OH is 3. The molecule has 9 heteroatoms. The predicted octanol–water partition coefficient (Wildman–Crippen LogP) is -1.03. The molecular weight excluding hydrogens is 290 g/mol. The highest BCUT2D eigenvalue weighted by Gasteiger charge is 2.36. The number of hydrogen-bond donors (Lipinski definition) is 4. The lowest BCUT2D eigenvalue weighted by molar-refractivity contribution is -0.0471. The van der Waals surface area contributed by atoms with Crippen LogP contribution in [0, 0.1) is 0 Å². The molecule has 0 amide bonds. The van der Waals surface area contributed by atoms with Gasteiger partial charge >= 0.3 is 0 Å². The molecule has 3 atom stereocenters. The summed E-state index contributed by atoms with van der Waals surface area (Å²) in [5.74, 6) is 0.321. The van der Waals surface area contributed by atoms with Crippen LogP contribution < -0.4 is 5.73 Å². The van der Waals surface area contributed by atoms with Crippen LogP contribution >= 0.6 is 0 Å².